The SMILES string of the molecule is CCOC1(c2ccccc2)CCN(CC(C)(C)N)CC1. The molecule has 1 aliphatic rings. The van der Waals surface area contributed by atoms with Crippen molar-refractivity contribution >= 4 is 0 Å². The molecule has 0 spiro atoms. The van der Waals surface area contributed by atoms with Crippen molar-refractivity contribution in [2.45, 2.75) is 44.8 Å². The van der Waals surface area contributed by atoms with E-state index in [1.807, 2.05) is 0 Å². The molecule has 20 heavy (non-hydrogen) atoms. The Morgan fingerprint density at radius 3 is 2.30 bits per heavy atom. The molecule has 1 aromatic rings. The monoisotopic (exact) mass is 276 g/mol. The highest BCUT2D eigenvalue weighted by molar-refractivity contribution is 5.23. The van der Waals surface area contributed by atoms with Crippen molar-refractivity contribution in [3.63, 3.8) is 0 Å². The first-order valence-electron chi connectivity index (χ1n) is 7.66. The van der Waals surface area contributed by atoms with E-state index < -0.39 is 0 Å². The highest BCUT2D eigenvalue weighted by Gasteiger charge is 2.37. The minimum atomic E-state index is -0.127. The molecule has 0 atom stereocenters. The van der Waals surface area contributed by atoms with Crippen LogP contribution < -0.4 is 5.73 Å². The van der Waals surface area contributed by atoms with Crippen LogP contribution in [0.15, 0.2) is 30.3 Å². The molecule has 1 fully saturated rings. The zero-order valence-corrected chi connectivity index (χ0v) is 13.1. The molecule has 2 rings (SSSR count). The maximum atomic E-state index is 6.18. The van der Waals surface area contributed by atoms with Gasteiger partial charge in [0.05, 0.1) is 5.60 Å². The summed E-state index contributed by atoms with van der Waals surface area (Å²) in [6.45, 7) is 10.1. The van der Waals surface area contributed by atoms with Crippen LogP contribution in [0.3, 0.4) is 0 Å². The van der Waals surface area contributed by atoms with Crippen molar-refractivity contribution in [1.82, 2.24) is 4.90 Å². The van der Waals surface area contributed by atoms with E-state index >= 15 is 0 Å². The summed E-state index contributed by atoms with van der Waals surface area (Å²) in [6.07, 6.45) is 2.09. The molecule has 1 heterocycles. The molecule has 1 saturated heterocycles. The van der Waals surface area contributed by atoms with Crippen LogP contribution in [0.4, 0.5) is 0 Å². The Balaban J connectivity index is 2.07. The number of piperidine rings is 1. The number of nitrogens with two attached hydrogens (primary N) is 1. The summed E-state index contributed by atoms with van der Waals surface area (Å²) in [6, 6.07) is 10.7. The van der Waals surface area contributed by atoms with Gasteiger partial charge in [0.1, 0.15) is 0 Å². The fourth-order valence-corrected chi connectivity index (χ4v) is 3.18. The minimum absolute atomic E-state index is 0.106. The van der Waals surface area contributed by atoms with E-state index in [-0.39, 0.29) is 11.1 Å². The van der Waals surface area contributed by atoms with Gasteiger partial charge >= 0.3 is 0 Å². The standard InChI is InChI=1S/C17H28N2O/c1-4-20-17(15-8-6-5-7-9-15)10-12-19(13-11-17)14-16(2,3)18/h5-9H,4,10-14,18H2,1-3H3. The van der Waals surface area contributed by atoms with Crippen molar-refractivity contribution < 1.29 is 4.74 Å². The largest absolute Gasteiger partial charge is 0.370 e. The highest BCUT2D eigenvalue weighted by atomic mass is 16.5. The molecule has 0 bridgehead atoms. The van der Waals surface area contributed by atoms with Crippen LogP contribution >= 0.6 is 0 Å². The second kappa shape index (κ2) is 6.25. The molecule has 1 aromatic carbocycles. The lowest BCUT2D eigenvalue weighted by Crippen LogP contribution is -2.51. The molecule has 0 aliphatic carbocycles. The highest BCUT2D eigenvalue weighted by Crippen LogP contribution is 2.36. The fourth-order valence-electron chi connectivity index (χ4n) is 3.18. The maximum absolute atomic E-state index is 6.18. The average Bonchev–Trinajstić information content (AvgIpc) is 2.41. The number of likely N-dealkylation sites (tertiary alicyclic amines) is 1. The van der Waals surface area contributed by atoms with Gasteiger partial charge in [0, 0.05) is 31.8 Å². The van der Waals surface area contributed by atoms with Crippen molar-refractivity contribution in [3.8, 4) is 0 Å². The summed E-state index contributed by atoms with van der Waals surface area (Å²) in [7, 11) is 0. The lowest BCUT2D eigenvalue weighted by molar-refractivity contribution is -0.0865. The van der Waals surface area contributed by atoms with E-state index in [1.54, 1.807) is 0 Å². The summed E-state index contributed by atoms with van der Waals surface area (Å²) >= 11 is 0. The first-order chi connectivity index (χ1) is 9.45. The number of ether oxygens (including phenoxy) is 1. The third-order valence-electron chi connectivity index (χ3n) is 4.02. The average molecular weight is 276 g/mol. The number of hydrogen-bond acceptors (Lipinski definition) is 3. The van der Waals surface area contributed by atoms with Crippen molar-refractivity contribution in [1.29, 1.82) is 0 Å². The molecule has 0 amide bonds. The molecule has 0 unspecified atom stereocenters. The summed E-state index contributed by atoms with van der Waals surface area (Å²) in [5.74, 6) is 0. The molecule has 2 N–H and O–H groups in total. The first-order valence-corrected chi connectivity index (χ1v) is 7.66. The van der Waals surface area contributed by atoms with Crippen molar-refractivity contribution in [2.75, 3.05) is 26.2 Å². The molecule has 1 aliphatic heterocycles. The fraction of sp³-hybridized carbons (Fsp3) is 0.647. The predicted octanol–water partition coefficient (Wildman–Crippen LogP) is 2.75. The van der Waals surface area contributed by atoms with Gasteiger partial charge in [-0.05, 0) is 39.2 Å². The van der Waals surface area contributed by atoms with E-state index in [9.17, 15) is 0 Å². The third-order valence-corrected chi connectivity index (χ3v) is 4.02. The van der Waals surface area contributed by atoms with Crippen LogP contribution in [0, 0.1) is 0 Å². The van der Waals surface area contributed by atoms with Gasteiger partial charge in [-0.1, -0.05) is 30.3 Å². The van der Waals surface area contributed by atoms with Gasteiger partial charge in [-0.25, -0.2) is 0 Å². The summed E-state index contributed by atoms with van der Waals surface area (Å²) in [5.41, 5.74) is 7.21. The lowest BCUT2D eigenvalue weighted by Gasteiger charge is -2.43. The van der Waals surface area contributed by atoms with Gasteiger partial charge in [0.2, 0.25) is 0 Å². The van der Waals surface area contributed by atoms with Gasteiger partial charge in [0.25, 0.3) is 0 Å². The first kappa shape index (κ1) is 15.5. The summed E-state index contributed by atoms with van der Waals surface area (Å²) in [4.78, 5) is 2.46. The summed E-state index contributed by atoms with van der Waals surface area (Å²) in [5, 5.41) is 0. The Morgan fingerprint density at radius 1 is 1.20 bits per heavy atom. The quantitative estimate of drug-likeness (QED) is 0.898. The van der Waals surface area contributed by atoms with Gasteiger partial charge in [-0.3, -0.25) is 0 Å². The second-order valence-corrected chi connectivity index (χ2v) is 6.56. The van der Waals surface area contributed by atoms with Crippen LogP contribution in [-0.2, 0) is 10.3 Å². The number of nitrogens with zero attached hydrogens (tertiary/aromatic N) is 1. The van der Waals surface area contributed by atoms with Crippen LogP contribution in [0.2, 0.25) is 0 Å². The molecule has 3 heteroatoms. The predicted molar refractivity (Wildman–Crippen MR) is 83.7 cm³/mol. The third kappa shape index (κ3) is 3.81. The van der Waals surface area contributed by atoms with Crippen LogP contribution in [0.25, 0.3) is 0 Å². The molecule has 0 radical (unpaired) electrons. The maximum Gasteiger partial charge on any atom is 0.0955 e. The van der Waals surface area contributed by atoms with E-state index in [2.05, 4.69) is 56.0 Å². The molecule has 0 aromatic heterocycles. The number of rotatable bonds is 5. The van der Waals surface area contributed by atoms with Crippen LogP contribution in [0.5, 0.6) is 0 Å². The Labute approximate surface area is 123 Å². The molecule has 112 valence electrons. The van der Waals surface area contributed by atoms with Gasteiger partial charge in [-0.15, -0.1) is 0 Å². The van der Waals surface area contributed by atoms with Crippen LogP contribution in [-0.4, -0.2) is 36.7 Å². The Morgan fingerprint density at radius 2 is 1.80 bits per heavy atom. The Hall–Kier alpha value is -0.900. The van der Waals surface area contributed by atoms with E-state index in [1.165, 1.54) is 5.56 Å². The molecular formula is C17H28N2O. The van der Waals surface area contributed by atoms with E-state index in [4.69, 9.17) is 10.5 Å². The lowest BCUT2D eigenvalue weighted by atomic mass is 9.83. The van der Waals surface area contributed by atoms with Gasteiger partial charge in [0.15, 0.2) is 0 Å². The second-order valence-electron chi connectivity index (χ2n) is 6.56. The smallest absolute Gasteiger partial charge is 0.0955 e. The zero-order valence-electron chi connectivity index (χ0n) is 13.1. The Bertz CT molecular complexity index is 403. The zero-order chi connectivity index (χ0) is 14.6. The molecule has 3 nitrogen and oxygen atoms in total. The van der Waals surface area contributed by atoms with Crippen molar-refractivity contribution in [3.05, 3.63) is 35.9 Å². The van der Waals surface area contributed by atoms with Gasteiger partial charge < -0.3 is 15.4 Å². The van der Waals surface area contributed by atoms with E-state index in [0.717, 1.165) is 39.1 Å². The normalized spacial score (nSPS) is 20.0. The van der Waals surface area contributed by atoms with Gasteiger partial charge in [-0.2, -0.15) is 0 Å². The topological polar surface area (TPSA) is 38.5 Å². The van der Waals surface area contributed by atoms with Crippen LogP contribution in [0.1, 0.15) is 39.2 Å². The molecular weight excluding hydrogens is 248 g/mol. The van der Waals surface area contributed by atoms with Crippen molar-refractivity contribution in [2.24, 2.45) is 5.73 Å². The Kier molecular flexibility index (Phi) is 4.84. The number of hydrogen-bond donors (Lipinski definition) is 1. The van der Waals surface area contributed by atoms with E-state index in [0.29, 0.717) is 0 Å². The number of benzene rings is 1. The molecule has 0 saturated carbocycles. The summed E-state index contributed by atoms with van der Waals surface area (Å²) < 4.78 is 6.18. The minimum Gasteiger partial charge on any atom is -0.370 e.